The number of anilines is 1. The van der Waals surface area contributed by atoms with Gasteiger partial charge >= 0.3 is 0 Å². The first-order valence-electron chi connectivity index (χ1n) is 9.85. The van der Waals surface area contributed by atoms with E-state index in [9.17, 15) is 18.7 Å². The molecule has 0 aliphatic heterocycles. The Morgan fingerprint density at radius 1 is 0.939 bits per heavy atom. The van der Waals surface area contributed by atoms with Crippen LogP contribution >= 0.6 is 11.9 Å². The molecule has 0 aromatic heterocycles. The summed E-state index contributed by atoms with van der Waals surface area (Å²) >= 11 is 1.17. The van der Waals surface area contributed by atoms with Crippen LogP contribution in [0, 0.1) is 11.6 Å². The Morgan fingerprint density at radius 3 is 2.18 bits per heavy atom. The quantitative estimate of drug-likeness (QED) is 0.334. The molecule has 1 N–H and O–H groups in total. The van der Waals surface area contributed by atoms with Crippen LogP contribution in [-0.2, 0) is 4.79 Å². The van der Waals surface area contributed by atoms with Crippen LogP contribution in [0.1, 0.15) is 17.2 Å². The zero-order chi connectivity index (χ0) is 24.0. The van der Waals surface area contributed by atoms with Crippen LogP contribution in [0.2, 0.25) is 0 Å². The van der Waals surface area contributed by atoms with Gasteiger partial charge in [0.2, 0.25) is 0 Å². The Kier molecular flexibility index (Phi) is 8.13. The van der Waals surface area contributed by atoms with Gasteiger partial charge in [0, 0.05) is 10.5 Å². The number of halogens is 2. The van der Waals surface area contributed by atoms with Crippen LogP contribution in [0.15, 0.2) is 59.5 Å². The molecule has 0 saturated carbocycles. The molecule has 6 nitrogen and oxygen atoms in total. The molecule has 0 bridgehead atoms. The maximum atomic E-state index is 14.4. The second-order valence-corrected chi connectivity index (χ2v) is 7.87. The highest BCUT2D eigenvalue weighted by Crippen LogP contribution is 2.44. The lowest BCUT2D eigenvalue weighted by Gasteiger charge is -2.28. The molecule has 9 heteroatoms. The molecule has 0 fully saturated rings. The normalized spacial score (nSPS) is 11.6. The highest BCUT2D eigenvalue weighted by molar-refractivity contribution is 8.00. The number of ether oxygens (including phenoxy) is 3. The Labute approximate surface area is 194 Å². The standard InChI is InChI=1S/C24H23F2NO5S/c1-30-19-11-10-15(14-21(19)32-3)33-27(12-13-28)23-16(6-4-9-20(23)31-2)24(29)22-17(25)7-5-8-18(22)26/h4-11,13-14,24,29H,12H2,1-3H3. The van der Waals surface area contributed by atoms with Gasteiger partial charge in [-0.05, 0) is 48.3 Å². The third-order valence-electron chi connectivity index (χ3n) is 4.88. The third-order valence-corrected chi connectivity index (χ3v) is 5.90. The van der Waals surface area contributed by atoms with Crippen LogP contribution in [-0.4, -0.2) is 39.3 Å². The van der Waals surface area contributed by atoms with Gasteiger partial charge in [-0.1, -0.05) is 18.2 Å². The summed E-state index contributed by atoms with van der Waals surface area (Å²) in [6.45, 7) is -0.0984. The van der Waals surface area contributed by atoms with E-state index >= 15 is 0 Å². The van der Waals surface area contributed by atoms with Crippen molar-refractivity contribution in [1.82, 2.24) is 0 Å². The van der Waals surface area contributed by atoms with Gasteiger partial charge in [-0.3, -0.25) is 0 Å². The molecule has 1 unspecified atom stereocenters. The van der Waals surface area contributed by atoms with Crippen LogP contribution in [0.4, 0.5) is 14.5 Å². The maximum Gasteiger partial charge on any atom is 0.161 e. The molecule has 3 rings (SSSR count). The van der Waals surface area contributed by atoms with E-state index < -0.39 is 23.3 Å². The molecule has 0 radical (unpaired) electrons. The van der Waals surface area contributed by atoms with Crippen LogP contribution < -0.4 is 18.5 Å². The largest absolute Gasteiger partial charge is 0.495 e. The zero-order valence-corrected chi connectivity index (χ0v) is 19.1. The van der Waals surface area contributed by atoms with Crippen molar-refractivity contribution in [3.63, 3.8) is 0 Å². The summed E-state index contributed by atoms with van der Waals surface area (Å²) in [5, 5.41) is 11.0. The fourth-order valence-electron chi connectivity index (χ4n) is 3.36. The highest BCUT2D eigenvalue weighted by Gasteiger charge is 2.27. The summed E-state index contributed by atoms with van der Waals surface area (Å²) in [6.07, 6.45) is -0.962. The summed E-state index contributed by atoms with van der Waals surface area (Å²) in [4.78, 5) is 12.2. The van der Waals surface area contributed by atoms with E-state index in [0.29, 0.717) is 34.1 Å². The number of hydrogen-bond donors (Lipinski definition) is 1. The SMILES string of the molecule is COc1ccc(SN(CC=O)c2c(OC)cccc2C(O)c2c(F)cccc2F)cc1OC. The summed E-state index contributed by atoms with van der Waals surface area (Å²) in [6, 6.07) is 13.3. The molecule has 0 heterocycles. The van der Waals surface area contributed by atoms with Crippen molar-refractivity contribution in [2.45, 2.75) is 11.0 Å². The topological polar surface area (TPSA) is 68.2 Å². The van der Waals surface area contributed by atoms with Gasteiger partial charge in [0.1, 0.15) is 29.8 Å². The number of rotatable bonds is 10. The number of aliphatic hydroxyl groups is 1. The van der Waals surface area contributed by atoms with E-state index in [-0.39, 0.29) is 12.1 Å². The number of methoxy groups -OCH3 is 3. The van der Waals surface area contributed by atoms with E-state index in [1.54, 1.807) is 34.6 Å². The average molecular weight is 476 g/mol. The number of aldehydes is 1. The van der Waals surface area contributed by atoms with Crippen LogP contribution in [0.25, 0.3) is 0 Å². The molecule has 174 valence electrons. The lowest BCUT2D eigenvalue weighted by molar-refractivity contribution is -0.106. The van der Waals surface area contributed by atoms with E-state index in [1.807, 2.05) is 0 Å². The fraction of sp³-hybridized carbons (Fsp3) is 0.208. The first-order valence-corrected chi connectivity index (χ1v) is 10.6. The van der Waals surface area contributed by atoms with Crippen molar-refractivity contribution in [3.05, 3.63) is 77.4 Å². The lowest BCUT2D eigenvalue weighted by atomic mass is 9.98. The van der Waals surface area contributed by atoms with Gasteiger partial charge in [-0.15, -0.1) is 0 Å². The fourth-order valence-corrected chi connectivity index (χ4v) is 4.33. The smallest absolute Gasteiger partial charge is 0.161 e. The predicted molar refractivity (Wildman–Crippen MR) is 122 cm³/mol. The molecule has 3 aromatic rings. The molecule has 0 spiro atoms. The van der Waals surface area contributed by atoms with Gasteiger partial charge < -0.3 is 28.4 Å². The molecule has 33 heavy (non-hydrogen) atoms. The number of nitrogens with zero attached hydrogens (tertiary/aromatic N) is 1. The van der Waals surface area contributed by atoms with Crippen LogP contribution in [0.5, 0.6) is 17.2 Å². The first kappa shape index (κ1) is 24.3. The Balaban J connectivity index is 2.11. The summed E-state index contributed by atoms with van der Waals surface area (Å²) in [5.41, 5.74) is -0.00983. The average Bonchev–Trinajstić information content (AvgIpc) is 2.82. The van der Waals surface area contributed by atoms with E-state index in [2.05, 4.69) is 0 Å². The van der Waals surface area contributed by atoms with E-state index in [1.165, 1.54) is 45.4 Å². The van der Waals surface area contributed by atoms with Crippen molar-refractivity contribution in [3.8, 4) is 17.2 Å². The summed E-state index contributed by atoms with van der Waals surface area (Å²) < 4.78 is 46.5. The second-order valence-electron chi connectivity index (χ2n) is 6.77. The third kappa shape index (κ3) is 5.20. The molecule has 0 saturated heterocycles. The number of aliphatic hydroxyl groups excluding tert-OH is 1. The van der Waals surface area contributed by atoms with Crippen molar-refractivity contribution in [2.24, 2.45) is 0 Å². The zero-order valence-electron chi connectivity index (χ0n) is 18.2. The number of hydrogen-bond acceptors (Lipinski definition) is 7. The predicted octanol–water partition coefficient (Wildman–Crippen LogP) is 4.78. The molecule has 0 aliphatic carbocycles. The molecular formula is C24H23F2NO5S. The molecule has 1 atom stereocenters. The van der Waals surface area contributed by atoms with Crippen molar-refractivity contribution in [1.29, 1.82) is 0 Å². The highest BCUT2D eigenvalue weighted by atomic mass is 32.2. The summed E-state index contributed by atoms with van der Waals surface area (Å²) in [7, 11) is 4.46. The second kappa shape index (κ2) is 11.0. The number of para-hydroxylation sites is 1. The lowest BCUT2D eigenvalue weighted by Crippen LogP contribution is -2.21. The molecular weight excluding hydrogens is 452 g/mol. The number of benzene rings is 3. The number of carbonyl (C=O) groups is 1. The Hall–Kier alpha value is -3.30. The van der Waals surface area contributed by atoms with Crippen molar-refractivity contribution < 1.29 is 32.9 Å². The van der Waals surface area contributed by atoms with Gasteiger partial charge in [0.15, 0.2) is 11.5 Å². The molecule has 0 amide bonds. The van der Waals surface area contributed by atoms with Gasteiger partial charge in [0.05, 0.1) is 39.1 Å². The minimum Gasteiger partial charge on any atom is -0.495 e. The van der Waals surface area contributed by atoms with E-state index in [0.717, 1.165) is 12.1 Å². The van der Waals surface area contributed by atoms with Gasteiger partial charge in [0.25, 0.3) is 0 Å². The van der Waals surface area contributed by atoms with Gasteiger partial charge in [-0.2, -0.15) is 0 Å². The molecule has 3 aromatic carbocycles. The maximum absolute atomic E-state index is 14.4. The minimum atomic E-state index is -1.64. The number of carbonyl (C=O) groups excluding carboxylic acids is 1. The van der Waals surface area contributed by atoms with Crippen molar-refractivity contribution in [2.75, 3.05) is 32.2 Å². The summed E-state index contributed by atoms with van der Waals surface area (Å²) in [5.74, 6) is -0.427. The first-order chi connectivity index (χ1) is 15.9. The Bertz CT molecular complexity index is 1110. The Morgan fingerprint density at radius 2 is 1.58 bits per heavy atom. The van der Waals surface area contributed by atoms with Crippen LogP contribution in [0.3, 0.4) is 0 Å². The molecule has 0 aliphatic rings. The van der Waals surface area contributed by atoms with Gasteiger partial charge in [-0.25, -0.2) is 8.78 Å². The monoisotopic (exact) mass is 475 g/mol. The minimum absolute atomic E-state index is 0.0984. The van der Waals surface area contributed by atoms with Crippen molar-refractivity contribution >= 4 is 23.9 Å². The van der Waals surface area contributed by atoms with E-state index in [4.69, 9.17) is 14.2 Å².